The van der Waals surface area contributed by atoms with Crippen molar-refractivity contribution in [1.82, 2.24) is 13.5 Å². The van der Waals surface area contributed by atoms with Crippen molar-refractivity contribution in [2.24, 2.45) is 5.92 Å². The van der Waals surface area contributed by atoms with E-state index in [-0.39, 0.29) is 35.6 Å². The van der Waals surface area contributed by atoms with Crippen LogP contribution in [0.2, 0.25) is 0 Å². The molecule has 2 aliphatic heterocycles. The van der Waals surface area contributed by atoms with Crippen molar-refractivity contribution in [1.29, 1.82) is 0 Å². The van der Waals surface area contributed by atoms with E-state index in [0.29, 0.717) is 39.0 Å². The average molecular weight is 506 g/mol. The molecule has 34 heavy (non-hydrogen) atoms. The van der Waals surface area contributed by atoms with Crippen molar-refractivity contribution in [3.63, 3.8) is 0 Å². The molecule has 0 bridgehead atoms. The van der Waals surface area contributed by atoms with E-state index in [1.165, 1.54) is 8.61 Å². The van der Waals surface area contributed by atoms with Gasteiger partial charge in [0.15, 0.2) is 0 Å². The van der Waals surface area contributed by atoms with E-state index in [2.05, 4.69) is 0 Å². The largest absolute Gasteiger partial charge is 0.340 e. The molecule has 0 saturated carbocycles. The minimum atomic E-state index is -3.57. The van der Waals surface area contributed by atoms with E-state index in [9.17, 15) is 21.6 Å². The zero-order valence-electron chi connectivity index (χ0n) is 19.3. The molecule has 0 radical (unpaired) electrons. The van der Waals surface area contributed by atoms with E-state index in [1.54, 1.807) is 35.2 Å². The number of sulfonamides is 2. The monoisotopic (exact) mass is 505 g/mol. The number of aryl methyl sites for hydroxylation is 1. The first-order valence-corrected chi connectivity index (χ1v) is 14.6. The van der Waals surface area contributed by atoms with Gasteiger partial charge in [0.1, 0.15) is 0 Å². The smallest absolute Gasteiger partial charge is 0.243 e. The fourth-order valence-electron chi connectivity index (χ4n) is 4.52. The lowest BCUT2D eigenvalue weighted by Crippen LogP contribution is -2.53. The molecule has 2 heterocycles. The molecule has 8 nitrogen and oxygen atoms in total. The van der Waals surface area contributed by atoms with Crippen molar-refractivity contribution < 1.29 is 21.6 Å². The first-order chi connectivity index (χ1) is 16.2. The summed E-state index contributed by atoms with van der Waals surface area (Å²) in [6, 6.07) is 15.8. The Hall–Kier alpha value is -2.27. The predicted molar refractivity (Wildman–Crippen MR) is 130 cm³/mol. The minimum absolute atomic E-state index is 0.00709. The van der Waals surface area contributed by atoms with Crippen LogP contribution in [0, 0.1) is 12.8 Å². The van der Waals surface area contributed by atoms with Gasteiger partial charge >= 0.3 is 0 Å². The summed E-state index contributed by atoms with van der Waals surface area (Å²) in [6.45, 7) is 3.81. The third-order valence-electron chi connectivity index (χ3n) is 6.60. The number of amides is 1. The molecule has 1 amide bonds. The molecular formula is C24H31N3O5S2. The van der Waals surface area contributed by atoms with Gasteiger partial charge in [-0.1, -0.05) is 48.0 Å². The van der Waals surface area contributed by atoms with E-state index < -0.39 is 20.0 Å². The molecule has 0 atom stereocenters. The zero-order chi connectivity index (χ0) is 24.3. The summed E-state index contributed by atoms with van der Waals surface area (Å²) in [5.74, 6) is -0.278. The van der Waals surface area contributed by atoms with Crippen molar-refractivity contribution >= 4 is 26.0 Å². The van der Waals surface area contributed by atoms with Gasteiger partial charge in [-0.25, -0.2) is 21.1 Å². The van der Waals surface area contributed by atoms with Crippen LogP contribution in [0.25, 0.3) is 0 Å². The third kappa shape index (κ3) is 5.51. The number of carbonyl (C=O) groups is 1. The summed E-state index contributed by atoms with van der Waals surface area (Å²) in [6.07, 6.45) is 0.961. The second-order valence-corrected chi connectivity index (χ2v) is 12.9. The van der Waals surface area contributed by atoms with Crippen molar-refractivity contribution in [2.45, 2.75) is 30.4 Å². The summed E-state index contributed by atoms with van der Waals surface area (Å²) >= 11 is 0. The van der Waals surface area contributed by atoms with Crippen LogP contribution in [-0.4, -0.2) is 75.5 Å². The summed E-state index contributed by atoms with van der Waals surface area (Å²) in [5, 5.41) is 0. The average Bonchev–Trinajstić information content (AvgIpc) is 2.85. The van der Waals surface area contributed by atoms with Crippen LogP contribution in [0.1, 0.15) is 24.0 Å². The molecule has 0 unspecified atom stereocenters. The molecular weight excluding hydrogens is 474 g/mol. The Balaban J connectivity index is 1.29. The molecule has 2 aliphatic rings. The normalized spacial score (nSPS) is 19.3. The van der Waals surface area contributed by atoms with Gasteiger partial charge in [-0.05, 0) is 37.5 Å². The highest BCUT2D eigenvalue weighted by atomic mass is 32.2. The lowest BCUT2D eigenvalue weighted by Gasteiger charge is -2.37. The number of hydrogen-bond acceptors (Lipinski definition) is 5. The van der Waals surface area contributed by atoms with Crippen molar-refractivity contribution in [3.8, 4) is 0 Å². The van der Waals surface area contributed by atoms with Gasteiger partial charge in [0.25, 0.3) is 0 Å². The van der Waals surface area contributed by atoms with Gasteiger partial charge in [0, 0.05) is 45.2 Å². The molecule has 184 valence electrons. The minimum Gasteiger partial charge on any atom is -0.340 e. The highest BCUT2D eigenvalue weighted by Crippen LogP contribution is 2.25. The lowest BCUT2D eigenvalue weighted by molar-refractivity contribution is -0.137. The Kier molecular flexibility index (Phi) is 7.42. The van der Waals surface area contributed by atoms with Gasteiger partial charge < -0.3 is 4.90 Å². The topological polar surface area (TPSA) is 95.1 Å². The number of carbonyl (C=O) groups excluding carboxylic acids is 1. The molecule has 2 fully saturated rings. The maximum Gasteiger partial charge on any atom is 0.243 e. The van der Waals surface area contributed by atoms with Crippen LogP contribution in [0.15, 0.2) is 59.5 Å². The third-order valence-corrected chi connectivity index (χ3v) is 10.4. The molecule has 0 spiro atoms. The van der Waals surface area contributed by atoms with Crippen molar-refractivity contribution in [3.05, 3.63) is 65.7 Å². The van der Waals surface area contributed by atoms with Crippen LogP contribution in [-0.2, 0) is 30.6 Å². The van der Waals surface area contributed by atoms with Crippen LogP contribution >= 0.6 is 0 Å². The van der Waals surface area contributed by atoms with Crippen molar-refractivity contribution in [2.75, 3.05) is 39.3 Å². The Morgan fingerprint density at radius 3 is 1.97 bits per heavy atom. The standard InChI is InChI=1S/C24H31N3O5S2/c1-20-7-9-21(10-8-20)19-33(29,30)26-13-11-22(12-14-26)24(28)25-15-17-27(18-16-25)34(31,32)23-5-3-2-4-6-23/h2-10,22H,11-19H2,1H3. The second-order valence-electron chi connectivity index (χ2n) is 8.96. The quantitative estimate of drug-likeness (QED) is 0.599. The Morgan fingerprint density at radius 1 is 0.794 bits per heavy atom. The molecule has 2 aromatic carbocycles. The molecule has 0 N–H and O–H groups in total. The number of nitrogens with zero attached hydrogens (tertiary/aromatic N) is 3. The highest BCUT2D eigenvalue weighted by molar-refractivity contribution is 7.89. The van der Waals surface area contributed by atoms with E-state index in [0.717, 1.165) is 11.1 Å². The highest BCUT2D eigenvalue weighted by Gasteiger charge is 2.35. The molecule has 0 aromatic heterocycles. The second kappa shape index (κ2) is 10.2. The van der Waals surface area contributed by atoms with E-state index in [1.807, 2.05) is 31.2 Å². The fourth-order valence-corrected chi connectivity index (χ4v) is 7.52. The lowest BCUT2D eigenvalue weighted by atomic mass is 9.96. The Morgan fingerprint density at radius 2 is 1.38 bits per heavy atom. The molecule has 10 heteroatoms. The van der Waals surface area contributed by atoms with Crippen LogP contribution in [0.3, 0.4) is 0 Å². The van der Waals surface area contributed by atoms with Crippen LogP contribution in [0.5, 0.6) is 0 Å². The molecule has 4 rings (SSSR count). The maximum atomic E-state index is 13.0. The number of rotatable bonds is 6. The molecule has 2 saturated heterocycles. The van der Waals surface area contributed by atoms with Gasteiger partial charge in [-0.2, -0.15) is 4.31 Å². The Bertz CT molecular complexity index is 1200. The molecule has 2 aromatic rings. The number of hydrogen-bond donors (Lipinski definition) is 0. The maximum absolute atomic E-state index is 13.0. The number of piperazine rings is 1. The first-order valence-electron chi connectivity index (χ1n) is 11.5. The van der Waals surface area contributed by atoms with E-state index in [4.69, 9.17) is 0 Å². The predicted octanol–water partition coefficient (Wildman–Crippen LogP) is 2.07. The fraction of sp³-hybridized carbons (Fsp3) is 0.458. The van der Waals surface area contributed by atoms with Gasteiger partial charge in [-0.3, -0.25) is 4.79 Å². The summed E-state index contributed by atoms with van der Waals surface area (Å²) in [4.78, 5) is 15.0. The van der Waals surface area contributed by atoms with Gasteiger partial charge in [-0.15, -0.1) is 0 Å². The molecule has 0 aliphatic carbocycles. The number of piperidine rings is 1. The number of benzene rings is 2. The summed E-state index contributed by atoms with van der Waals surface area (Å²) in [5.41, 5.74) is 1.84. The van der Waals surface area contributed by atoms with Gasteiger partial charge in [0.2, 0.25) is 26.0 Å². The van der Waals surface area contributed by atoms with E-state index >= 15 is 0 Å². The SMILES string of the molecule is Cc1ccc(CS(=O)(=O)N2CCC(C(=O)N3CCN(S(=O)(=O)c4ccccc4)CC3)CC2)cc1. The first kappa shape index (κ1) is 24.8. The Labute approximate surface area is 202 Å². The van der Waals surface area contributed by atoms with Crippen LogP contribution < -0.4 is 0 Å². The summed E-state index contributed by atoms with van der Waals surface area (Å²) in [7, 11) is -7.00. The van der Waals surface area contributed by atoms with Gasteiger partial charge in [0.05, 0.1) is 10.6 Å². The van der Waals surface area contributed by atoms with Crippen LogP contribution in [0.4, 0.5) is 0 Å². The summed E-state index contributed by atoms with van der Waals surface area (Å²) < 4.78 is 54.2. The zero-order valence-corrected chi connectivity index (χ0v) is 21.0.